The number of carboxylic acids is 1. The minimum Gasteiger partial charge on any atom is -0.480 e. The summed E-state index contributed by atoms with van der Waals surface area (Å²) in [6, 6.07) is -0.983. The Balaban J connectivity index is 3.19. The average molecular weight is 372 g/mol. The van der Waals surface area contributed by atoms with E-state index in [1.807, 2.05) is 0 Å². The molecule has 0 heterocycles. The highest BCUT2D eigenvalue weighted by atomic mass is 16.5. The Labute approximate surface area is 160 Å². The Morgan fingerprint density at radius 1 is 0.808 bits per heavy atom. The van der Waals surface area contributed by atoms with Gasteiger partial charge >= 0.3 is 11.9 Å². The van der Waals surface area contributed by atoms with E-state index in [1.54, 1.807) is 0 Å². The van der Waals surface area contributed by atoms with Crippen molar-refractivity contribution in [2.75, 3.05) is 6.61 Å². The van der Waals surface area contributed by atoms with Crippen LogP contribution < -0.4 is 5.73 Å². The second-order valence-electron chi connectivity index (χ2n) is 7.30. The van der Waals surface area contributed by atoms with E-state index in [9.17, 15) is 9.59 Å². The number of hydrogen-bond donors (Lipinski definition) is 2. The van der Waals surface area contributed by atoms with Crippen LogP contribution in [0.5, 0.6) is 0 Å². The van der Waals surface area contributed by atoms with Crippen LogP contribution in [0.4, 0.5) is 0 Å². The minimum atomic E-state index is -1.08. The number of carbonyl (C=O) groups is 2. The minimum absolute atomic E-state index is 0.0755. The molecule has 0 aliphatic rings. The van der Waals surface area contributed by atoms with Crippen LogP contribution in [0.2, 0.25) is 0 Å². The Morgan fingerprint density at radius 2 is 1.23 bits per heavy atom. The van der Waals surface area contributed by atoms with Gasteiger partial charge in [0.1, 0.15) is 6.04 Å². The molecule has 0 fully saturated rings. The second-order valence-corrected chi connectivity index (χ2v) is 7.30. The summed E-state index contributed by atoms with van der Waals surface area (Å²) in [5, 5.41) is 8.63. The molecule has 154 valence electrons. The summed E-state index contributed by atoms with van der Waals surface area (Å²) in [5.74, 6) is -1.43. The maximum absolute atomic E-state index is 11.4. The van der Waals surface area contributed by atoms with E-state index in [-0.39, 0.29) is 18.8 Å². The number of carbonyl (C=O) groups excluding carboxylic acids is 1. The zero-order valence-corrected chi connectivity index (χ0v) is 16.8. The first kappa shape index (κ1) is 24.9. The zero-order chi connectivity index (χ0) is 19.5. The van der Waals surface area contributed by atoms with E-state index in [1.165, 1.54) is 77.0 Å². The van der Waals surface area contributed by atoms with E-state index in [0.717, 1.165) is 12.8 Å². The van der Waals surface area contributed by atoms with E-state index in [2.05, 4.69) is 6.92 Å². The van der Waals surface area contributed by atoms with Crippen LogP contribution >= 0.6 is 0 Å². The highest BCUT2D eigenvalue weighted by Gasteiger charge is 2.13. The summed E-state index contributed by atoms with van der Waals surface area (Å²) < 4.78 is 5.09. The van der Waals surface area contributed by atoms with Crippen molar-refractivity contribution in [3.05, 3.63) is 0 Å². The van der Waals surface area contributed by atoms with Crippen molar-refractivity contribution in [2.45, 2.75) is 116 Å². The van der Waals surface area contributed by atoms with Crippen LogP contribution in [-0.2, 0) is 14.3 Å². The van der Waals surface area contributed by atoms with Gasteiger partial charge in [0.05, 0.1) is 6.61 Å². The molecule has 0 aromatic rings. The summed E-state index contributed by atoms with van der Waals surface area (Å²) in [5.41, 5.74) is 5.34. The van der Waals surface area contributed by atoms with Crippen molar-refractivity contribution in [1.29, 1.82) is 0 Å². The highest BCUT2D eigenvalue weighted by molar-refractivity contribution is 5.75. The van der Waals surface area contributed by atoms with Gasteiger partial charge in [0.25, 0.3) is 0 Å². The molecule has 0 aliphatic carbocycles. The van der Waals surface area contributed by atoms with Crippen molar-refractivity contribution >= 4 is 11.9 Å². The predicted molar refractivity (Wildman–Crippen MR) is 106 cm³/mol. The lowest BCUT2D eigenvalue weighted by atomic mass is 10.0. The maximum atomic E-state index is 11.4. The fourth-order valence-corrected chi connectivity index (χ4v) is 2.95. The van der Waals surface area contributed by atoms with Gasteiger partial charge in [-0.2, -0.15) is 0 Å². The van der Waals surface area contributed by atoms with Crippen molar-refractivity contribution in [1.82, 2.24) is 0 Å². The zero-order valence-electron chi connectivity index (χ0n) is 16.8. The predicted octanol–water partition coefficient (Wildman–Crippen LogP) is 5.20. The molecule has 1 atom stereocenters. The van der Waals surface area contributed by atoms with Crippen LogP contribution in [-0.4, -0.2) is 29.7 Å². The number of aliphatic carboxylic acids is 1. The number of nitrogens with two attached hydrogens (primary N) is 1. The Morgan fingerprint density at radius 3 is 1.65 bits per heavy atom. The maximum Gasteiger partial charge on any atom is 0.320 e. The molecule has 0 aliphatic heterocycles. The summed E-state index contributed by atoms with van der Waals surface area (Å²) in [7, 11) is 0. The number of esters is 1. The lowest BCUT2D eigenvalue weighted by Gasteiger charge is -2.07. The first-order valence-corrected chi connectivity index (χ1v) is 10.7. The number of unbranched alkanes of at least 4 members (excludes halogenated alkanes) is 13. The molecule has 0 aromatic heterocycles. The SMILES string of the molecule is CCCCCCCCCCCCCCCCOC(=O)CCC(N)C(=O)O. The molecule has 0 aromatic carbocycles. The lowest BCUT2D eigenvalue weighted by molar-refractivity contribution is -0.144. The molecule has 1 unspecified atom stereocenters. The first-order chi connectivity index (χ1) is 12.6. The van der Waals surface area contributed by atoms with E-state index >= 15 is 0 Å². The molecule has 5 heteroatoms. The second kappa shape index (κ2) is 18.7. The van der Waals surface area contributed by atoms with E-state index < -0.39 is 12.0 Å². The quantitative estimate of drug-likeness (QED) is 0.240. The topological polar surface area (TPSA) is 89.6 Å². The van der Waals surface area contributed by atoms with Gasteiger partial charge in [-0.1, -0.05) is 90.4 Å². The molecule has 0 saturated heterocycles. The first-order valence-electron chi connectivity index (χ1n) is 10.7. The van der Waals surface area contributed by atoms with Crippen LogP contribution in [0.1, 0.15) is 110 Å². The van der Waals surface area contributed by atoms with Crippen molar-refractivity contribution in [3.63, 3.8) is 0 Å². The molecular weight excluding hydrogens is 330 g/mol. The average Bonchev–Trinajstić information content (AvgIpc) is 2.62. The number of rotatable bonds is 19. The third-order valence-corrected chi connectivity index (χ3v) is 4.74. The molecule has 0 radical (unpaired) electrons. The van der Waals surface area contributed by atoms with Crippen LogP contribution in [0.3, 0.4) is 0 Å². The fourth-order valence-electron chi connectivity index (χ4n) is 2.95. The third-order valence-electron chi connectivity index (χ3n) is 4.74. The Hall–Kier alpha value is -1.10. The number of carboxylic acid groups (broad SMARTS) is 1. The molecule has 26 heavy (non-hydrogen) atoms. The van der Waals surface area contributed by atoms with Crippen LogP contribution in [0.15, 0.2) is 0 Å². The molecule has 3 N–H and O–H groups in total. The standard InChI is InChI=1S/C21H41NO4/c1-2-3-4-5-6-7-8-9-10-11-12-13-14-15-18-26-20(23)17-16-19(22)21(24)25/h19H,2-18,22H2,1H3,(H,24,25). The third kappa shape index (κ3) is 17.7. The fraction of sp³-hybridized carbons (Fsp3) is 0.905. The van der Waals surface area contributed by atoms with Crippen molar-refractivity contribution in [3.8, 4) is 0 Å². The van der Waals surface area contributed by atoms with Gasteiger partial charge in [-0.05, 0) is 12.8 Å². The van der Waals surface area contributed by atoms with Crippen LogP contribution in [0, 0.1) is 0 Å². The molecule has 0 rings (SSSR count). The summed E-state index contributed by atoms with van der Waals surface area (Å²) in [4.78, 5) is 22.0. The van der Waals surface area contributed by atoms with Gasteiger partial charge in [-0.15, -0.1) is 0 Å². The molecule has 5 nitrogen and oxygen atoms in total. The molecule has 0 bridgehead atoms. The van der Waals surface area contributed by atoms with E-state index in [0.29, 0.717) is 6.61 Å². The molecular formula is C21H41NO4. The van der Waals surface area contributed by atoms with Gasteiger partial charge in [0.15, 0.2) is 0 Å². The highest BCUT2D eigenvalue weighted by Crippen LogP contribution is 2.13. The largest absolute Gasteiger partial charge is 0.480 e. The van der Waals surface area contributed by atoms with Gasteiger partial charge in [-0.3, -0.25) is 9.59 Å². The van der Waals surface area contributed by atoms with E-state index in [4.69, 9.17) is 15.6 Å². The summed E-state index contributed by atoms with van der Waals surface area (Å²) >= 11 is 0. The van der Waals surface area contributed by atoms with Gasteiger partial charge in [0, 0.05) is 6.42 Å². The van der Waals surface area contributed by atoms with Gasteiger partial charge in [-0.25, -0.2) is 0 Å². The van der Waals surface area contributed by atoms with Gasteiger partial charge < -0.3 is 15.6 Å². The Bertz CT molecular complexity index is 347. The summed E-state index contributed by atoms with van der Waals surface area (Å²) in [6.45, 7) is 2.69. The van der Waals surface area contributed by atoms with Gasteiger partial charge in [0.2, 0.25) is 0 Å². The number of ether oxygens (including phenoxy) is 1. The molecule has 0 amide bonds. The lowest BCUT2D eigenvalue weighted by Crippen LogP contribution is -2.30. The number of hydrogen-bond acceptors (Lipinski definition) is 4. The molecule has 0 spiro atoms. The van der Waals surface area contributed by atoms with Crippen molar-refractivity contribution < 1.29 is 19.4 Å². The van der Waals surface area contributed by atoms with Crippen molar-refractivity contribution in [2.24, 2.45) is 5.73 Å². The monoisotopic (exact) mass is 371 g/mol. The normalized spacial score (nSPS) is 12.1. The van der Waals surface area contributed by atoms with Crippen LogP contribution in [0.25, 0.3) is 0 Å². The smallest absolute Gasteiger partial charge is 0.320 e. The summed E-state index contributed by atoms with van der Waals surface area (Å²) in [6.07, 6.45) is 18.3. The molecule has 0 saturated carbocycles. The Kier molecular flexibility index (Phi) is 17.9.